The van der Waals surface area contributed by atoms with Crippen LogP contribution >= 0.6 is 0 Å². The molecule has 1 rings (SSSR count). The Morgan fingerprint density at radius 2 is 2.14 bits per heavy atom. The molecular weight excluding hydrogens is 177 g/mol. The van der Waals surface area contributed by atoms with Crippen LogP contribution in [-0.2, 0) is 4.79 Å². The first kappa shape index (κ1) is 10.5. The molecule has 4 heteroatoms. The third kappa shape index (κ3) is 2.73. The van der Waals surface area contributed by atoms with Crippen molar-refractivity contribution in [3.63, 3.8) is 0 Å². The van der Waals surface area contributed by atoms with Gasteiger partial charge in [-0.3, -0.25) is 9.59 Å². The number of nitrogens with one attached hydrogen (secondary N) is 1. The Morgan fingerprint density at radius 1 is 1.43 bits per heavy atom. The minimum Gasteiger partial charge on any atom is -0.326 e. The van der Waals surface area contributed by atoms with Gasteiger partial charge in [0, 0.05) is 18.2 Å². The molecule has 0 unspecified atom stereocenters. The predicted molar refractivity (Wildman–Crippen MR) is 55.6 cm³/mol. The lowest BCUT2D eigenvalue weighted by Crippen LogP contribution is -2.06. The second kappa shape index (κ2) is 4.60. The highest BCUT2D eigenvalue weighted by atomic mass is 16.1. The fourth-order valence-corrected chi connectivity index (χ4v) is 1.09. The average Bonchev–Trinajstić information content (AvgIpc) is 2.16. The van der Waals surface area contributed by atoms with Crippen molar-refractivity contribution in [1.82, 2.24) is 0 Å². The van der Waals surface area contributed by atoms with Crippen LogP contribution in [0.5, 0.6) is 0 Å². The molecule has 0 saturated heterocycles. The summed E-state index contributed by atoms with van der Waals surface area (Å²) in [5.74, 6) is -0.306. The summed E-state index contributed by atoms with van der Waals surface area (Å²) < 4.78 is 0. The van der Waals surface area contributed by atoms with Gasteiger partial charge in [-0.25, -0.2) is 0 Å². The smallest absolute Gasteiger partial charge is 0.221 e. The van der Waals surface area contributed by atoms with Gasteiger partial charge in [0.25, 0.3) is 0 Å². The van der Waals surface area contributed by atoms with E-state index in [2.05, 4.69) is 5.32 Å². The Bertz CT molecular complexity index is 363. The molecular formula is C10H10BNO2. The molecule has 0 saturated carbocycles. The highest BCUT2D eigenvalue weighted by molar-refractivity contribution is 6.24. The van der Waals surface area contributed by atoms with E-state index in [0.717, 1.165) is 0 Å². The molecule has 3 nitrogen and oxygen atoms in total. The number of Topliss-reactive ketones (excluding diaryl/α,β-unsaturated/α-hetero) is 1. The minimum absolute atomic E-state index is 0.0243. The molecule has 1 aromatic rings. The fourth-order valence-electron chi connectivity index (χ4n) is 1.09. The van der Waals surface area contributed by atoms with Gasteiger partial charge in [-0.15, -0.1) is 0 Å². The Hall–Kier alpha value is -1.58. The van der Waals surface area contributed by atoms with E-state index in [1.165, 1.54) is 6.92 Å². The Kier molecular flexibility index (Phi) is 3.45. The summed E-state index contributed by atoms with van der Waals surface area (Å²) in [4.78, 5) is 22.0. The third-order valence-electron chi connectivity index (χ3n) is 1.69. The molecule has 1 aromatic carbocycles. The van der Waals surface area contributed by atoms with E-state index < -0.39 is 0 Å². The van der Waals surface area contributed by atoms with Crippen LogP contribution in [0.3, 0.4) is 0 Å². The van der Waals surface area contributed by atoms with Gasteiger partial charge >= 0.3 is 0 Å². The van der Waals surface area contributed by atoms with Crippen LogP contribution in [0.25, 0.3) is 0 Å². The minimum atomic E-state index is -0.164. The fraction of sp³-hybridized carbons (Fsp3) is 0.200. The summed E-state index contributed by atoms with van der Waals surface area (Å²) in [7, 11) is 5.22. The monoisotopic (exact) mass is 187 g/mol. The highest BCUT2D eigenvalue weighted by Crippen LogP contribution is 2.11. The van der Waals surface area contributed by atoms with Gasteiger partial charge in [0.15, 0.2) is 5.78 Å². The molecule has 70 valence electrons. The molecule has 0 aromatic heterocycles. The van der Waals surface area contributed by atoms with E-state index in [-0.39, 0.29) is 18.0 Å². The van der Waals surface area contributed by atoms with E-state index >= 15 is 0 Å². The molecule has 0 fully saturated rings. The highest BCUT2D eigenvalue weighted by Gasteiger charge is 2.03. The second-order valence-electron chi connectivity index (χ2n) is 2.89. The number of benzene rings is 1. The summed E-state index contributed by atoms with van der Waals surface area (Å²) >= 11 is 0. The molecule has 0 aliphatic rings. The van der Waals surface area contributed by atoms with Crippen molar-refractivity contribution in [3.8, 4) is 0 Å². The molecule has 0 aliphatic heterocycles. The summed E-state index contributed by atoms with van der Waals surface area (Å²) in [6, 6.07) is 6.69. The first-order valence-electron chi connectivity index (χ1n) is 4.24. The number of anilines is 1. The quantitative estimate of drug-likeness (QED) is 0.574. The van der Waals surface area contributed by atoms with E-state index in [4.69, 9.17) is 7.85 Å². The zero-order valence-corrected chi connectivity index (χ0v) is 7.91. The maximum Gasteiger partial charge on any atom is 0.221 e. The van der Waals surface area contributed by atoms with E-state index in [9.17, 15) is 9.59 Å². The Morgan fingerprint density at radius 3 is 2.71 bits per heavy atom. The zero-order chi connectivity index (χ0) is 10.6. The average molecular weight is 187 g/mol. The lowest BCUT2D eigenvalue weighted by Gasteiger charge is -2.03. The molecule has 0 aliphatic carbocycles. The number of rotatable bonds is 3. The van der Waals surface area contributed by atoms with E-state index in [1.54, 1.807) is 24.3 Å². The van der Waals surface area contributed by atoms with Crippen molar-refractivity contribution in [2.75, 3.05) is 5.32 Å². The van der Waals surface area contributed by atoms with Gasteiger partial charge in [0.1, 0.15) is 0 Å². The third-order valence-corrected chi connectivity index (χ3v) is 1.69. The predicted octanol–water partition coefficient (Wildman–Crippen LogP) is 1.41. The second-order valence-corrected chi connectivity index (χ2v) is 2.89. The SMILES string of the molecule is [B]CC(=O)c1cccc(NC(C)=O)c1. The largest absolute Gasteiger partial charge is 0.326 e. The van der Waals surface area contributed by atoms with Crippen molar-refractivity contribution in [1.29, 1.82) is 0 Å². The number of hydrogen-bond acceptors (Lipinski definition) is 2. The number of carbonyl (C=O) groups excluding carboxylic acids is 2. The van der Waals surface area contributed by atoms with Gasteiger partial charge in [-0.2, -0.15) is 0 Å². The molecule has 1 amide bonds. The standard InChI is InChI=1S/C10H10BNO2/c1-7(13)12-9-4-2-3-8(5-9)10(14)6-11/h2-5H,6H2,1H3,(H,12,13). The topological polar surface area (TPSA) is 46.2 Å². The lowest BCUT2D eigenvalue weighted by atomic mass is 9.96. The Balaban J connectivity index is 2.89. The maximum atomic E-state index is 11.2. The van der Waals surface area contributed by atoms with Crippen LogP contribution in [0, 0.1) is 0 Å². The van der Waals surface area contributed by atoms with Crippen LogP contribution < -0.4 is 5.32 Å². The molecule has 0 atom stereocenters. The van der Waals surface area contributed by atoms with Crippen molar-refractivity contribution >= 4 is 25.2 Å². The zero-order valence-electron chi connectivity index (χ0n) is 7.91. The lowest BCUT2D eigenvalue weighted by molar-refractivity contribution is -0.114. The summed E-state index contributed by atoms with van der Waals surface area (Å²) in [6.07, 6.45) is -0.0243. The molecule has 0 bridgehead atoms. The van der Waals surface area contributed by atoms with Crippen LogP contribution in [0.15, 0.2) is 24.3 Å². The van der Waals surface area contributed by atoms with Gasteiger partial charge in [0.2, 0.25) is 5.91 Å². The van der Waals surface area contributed by atoms with E-state index in [0.29, 0.717) is 11.3 Å². The van der Waals surface area contributed by atoms with Crippen LogP contribution in [0.4, 0.5) is 5.69 Å². The molecule has 0 heterocycles. The molecule has 0 spiro atoms. The van der Waals surface area contributed by atoms with Crippen molar-refractivity contribution in [2.45, 2.75) is 13.2 Å². The summed E-state index contributed by atoms with van der Waals surface area (Å²) in [6.45, 7) is 1.41. The van der Waals surface area contributed by atoms with E-state index in [1.807, 2.05) is 0 Å². The van der Waals surface area contributed by atoms with Crippen LogP contribution in [-0.4, -0.2) is 19.5 Å². The van der Waals surface area contributed by atoms with Gasteiger partial charge in [-0.1, -0.05) is 12.1 Å². The molecule has 2 radical (unpaired) electrons. The van der Waals surface area contributed by atoms with Crippen molar-refractivity contribution in [3.05, 3.63) is 29.8 Å². The summed E-state index contributed by atoms with van der Waals surface area (Å²) in [5, 5.41) is 2.59. The van der Waals surface area contributed by atoms with Gasteiger partial charge < -0.3 is 5.32 Å². The Labute approximate surface area is 83.9 Å². The summed E-state index contributed by atoms with van der Waals surface area (Å²) in [5.41, 5.74) is 1.12. The van der Waals surface area contributed by atoms with Crippen molar-refractivity contribution < 1.29 is 9.59 Å². The number of carbonyl (C=O) groups is 2. The van der Waals surface area contributed by atoms with Gasteiger partial charge in [0.05, 0.1) is 7.85 Å². The number of amides is 1. The molecule has 1 N–H and O–H groups in total. The number of hydrogen-bond donors (Lipinski definition) is 1. The van der Waals surface area contributed by atoms with Crippen molar-refractivity contribution in [2.24, 2.45) is 0 Å². The first-order valence-corrected chi connectivity index (χ1v) is 4.24. The van der Waals surface area contributed by atoms with Crippen LogP contribution in [0.2, 0.25) is 6.32 Å². The number of ketones is 1. The maximum absolute atomic E-state index is 11.2. The van der Waals surface area contributed by atoms with Crippen LogP contribution in [0.1, 0.15) is 17.3 Å². The molecule has 14 heavy (non-hydrogen) atoms. The normalized spacial score (nSPS) is 9.50. The van der Waals surface area contributed by atoms with Gasteiger partial charge in [-0.05, 0) is 18.5 Å². The first-order chi connectivity index (χ1) is 6.63.